The van der Waals surface area contributed by atoms with E-state index < -0.39 is 0 Å². The summed E-state index contributed by atoms with van der Waals surface area (Å²) in [6, 6.07) is 7.48. The standard InChI is InChI=1S/C13H15OP/c1-9-5-4-7-11(13(9)15)10-6-2-3-8-12(10)14/h2-4,6-9,14H,5,15H2,1H3. The highest BCUT2D eigenvalue weighted by Gasteiger charge is 2.15. The van der Waals surface area contributed by atoms with Crippen molar-refractivity contribution in [1.82, 2.24) is 0 Å². The maximum absolute atomic E-state index is 9.79. The fourth-order valence-corrected chi connectivity index (χ4v) is 2.21. The Hall–Kier alpha value is -1.07. The number of allylic oxidation sites excluding steroid dienone is 4. The van der Waals surface area contributed by atoms with Crippen molar-refractivity contribution in [3.63, 3.8) is 0 Å². The van der Waals surface area contributed by atoms with Crippen molar-refractivity contribution >= 4 is 14.8 Å². The van der Waals surface area contributed by atoms with E-state index in [4.69, 9.17) is 0 Å². The molecule has 0 aliphatic heterocycles. The second kappa shape index (κ2) is 4.20. The number of para-hydroxylation sites is 1. The second-order valence-electron chi connectivity index (χ2n) is 3.93. The van der Waals surface area contributed by atoms with Gasteiger partial charge in [-0.25, -0.2) is 0 Å². The summed E-state index contributed by atoms with van der Waals surface area (Å²) >= 11 is 0. The third kappa shape index (κ3) is 1.98. The molecular weight excluding hydrogens is 203 g/mol. The minimum atomic E-state index is 0.353. The van der Waals surface area contributed by atoms with Gasteiger partial charge in [0.25, 0.3) is 0 Å². The summed E-state index contributed by atoms with van der Waals surface area (Å²) in [7, 11) is 2.80. The fraction of sp³-hybridized carbons (Fsp3) is 0.231. The molecule has 15 heavy (non-hydrogen) atoms. The van der Waals surface area contributed by atoms with Gasteiger partial charge in [-0.3, -0.25) is 0 Å². The van der Waals surface area contributed by atoms with Crippen molar-refractivity contribution in [2.24, 2.45) is 5.92 Å². The molecule has 0 saturated carbocycles. The van der Waals surface area contributed by atoms with Gasteiger partial charge < -0.3 is 5.11 Å². The Labute approximate surface area is 92.7 Å². The lowest BCUT2D eigenvalue weighted by Gasteiger charge is -2.19. The molecule has 0 aromatic heterocycles. The van der Waals surface area contributed by atoms with Crippen molar-refractivity contribution in [1.29, 1.82) is 0 Å². The first-order valence-electron chi connectivity index (χ1n) is 5.14. The second-order valence-corrected chi connectivity index (χ2v) is 4.55. The molecule has 0 spiro atoms. The smallest absolute Gasteiger partial charge is 0.123 e. The SMILES string of the molecule is CC1CC=CC(c2ccccc2O)=C1P. The lowest BCUT2D eigenvalue weighted by Crippen LogP contribution is -2.00. The highest BCUT2D eigenvalue weighted by molar-refractivity contribution is 7.23. The molecule has 2 rings (SSSR count). The van der Waals surface area contributed by atoms with Crippen LogP contribution in [0.4, 0.5) is 0 Å². The Morgan fingerprint density at radius 3 is 2.80 bits per heavy atom. The first-order chi connectivity index (χ1) is 7.20. The van der Waals surface area contributed by atoms with Crippen LogP contribution in [-0.4, -0.2) is 5.11 Å². The Balaban J connectivity index is 2.52. The fourth-order valence-electron chi connectivity index (χ4n) is 1.83. The van der Waals surface area contributed by atoms with E-state index in [-0.39, 0.29) is 0 Å². The van der Waals surface area contributed by atoms with Crippen LogP contribution in [-0.2, 0) is 0 Å². The molecule has 2 atom stereocenters. The van der Waals surface area contributed by atoms with Crippen LogP contribution in [0.2, 0.25) is 0 Å². The number of phenolic OH excluding ortho intramolecular Hbond substituents is 1. The van der Waals surface area contributed by atoms with Crippen LogP contribution in [0.1, 0.15) is 18.9 Å². The zero-order chi connectivity index (χ0) is 10.8. The predicted molar refractivity (Wildman–Crippen MR) is 67.7 cm³/mol. The van der Waals surface area contributed by atoms with Gasteiger partial charge >= 0.3 is 0 Å². The molecule has 0 fully saturated rings. The summed E-state index contributed by atoms with van der Waals surface area (Å²) in [5.74, 6) is 0.890. The molecule has 0 radical (unpaired) electrons. The van der Waals surface area contributed by atoms with Gasteiger partial charge in [0.1, 0.15) is 5.75 Å². The van der Waals surface area contributed by atoms with Gasteiger partial charge in [-0.2, -0.15) is 0 Å². The Morgan fingerprint density at radius 2 is 2.07 bits per heavy atom. The highest BCUT2D eigenvalue weighted by Crippen LogP contribution is 2.38. The Kier molecular flexibility index (Phi) is 2.93. The van der Waals surface area contributed by atoms with Crippen molar-refractivity contribution in [3.05, 3.63) is 47.3 Å². The molecule has 0 heterocycles. The molecule has 0 amide bonds. The van der Waals surface area contributed by atoms with Crippen molar-refractivity contribution < 1.29 is 5.11 Å². The summed E-state index contributed by atoms with van der Waals surface area (Å²) < 4.78 is 0. The zero-order valence-electron chi connectivity index (χ0n) is 8.77. The van der Waals surface area contributed by atoms with E-state index in [0.717, 1.165) is 17.6 Å². The van der Waals surface area contributed by atoms with Gasteiger partial charge in [-0.15, -0.1) is 9.24 Å². The normalized spacial score (nSPS) is 20.8. The van der Waals surface area contributed by atoms with Crippen molar-refractivity contribution in [2.75, 3.05) is 0 Å². The van der Waals surface area contributed by atoms with Crippen LogP contribution < -0.4 is 0 Å². The third-order valence-electron chi connectivity index (χ3n) is 2.81. The van der Waals surface area contributed by atoms with Crippen molar-refractivity contribution in [2.45, 2.75) is 13.3 Å². The molecular formula is C13H15OP. The van der Waals surface area contributed by atoms with Crippen LogP contribution in [0.15, 0.2) is 41.7 Å². The number of benzene rings is 1. The maximum Gasteiger partial charge on any atom is 0.123 e. The van der Waals surface area contributed by atoms with Gasteiger partial charge in [0.15, 0.2) is 0 Å². The van der Waals surface area contributed by atoms with Gasteiger partial charge in [0.05, 0.1) is 0 Å². The molecule has 1 aromatic carbocycles. The third-order valence-corrected chi connectivity index (χ3v) is 3.69. The summed E-state index contributed by atoms with van der Waals surface area (Å²) in [4.78, 5) is 0. The maximum atomic E-state index is 9.79. The van der Waals surface area contributed by atoms with Crippen LogP contribution in [0.5, 0.6) is 5.75 Å². The molecule has 1 nitrogen and oxygen atoms in total. The first kappa shape index (κ1) is 10.4. The summed E-state index contributed by atoms with van der Waals surface area (Å²) in [5.41, 5.74) is 2.06. The van der Waals surface area contributed by atoms with Gasteiger partial charge in [0, 0.05) is 5.56 Å². The molecule has 1 aliphatic rings. The summed E-state index contributed by atoms with van der Waals surface area (Å²) in [6.07, 6.45) is 5.34. The molecule has 1 aromatic rings. The van der Waals surface area contributed by atoms with E-state index in [1.54, 1.807) is 6.07 Å². The van der Waals surface area contributed by atoms with E-state index in [1.807, 2.05) is 18.2 Å². The minimum absolute atomic E-state index is 0.353. The quantitative estimate of drug-likeness (QED) is 0.714. The molecule has 1 aliphatic carbocycles. The molecule has 0 bridgehead atoms. The van der Waals surface area contributed by atoms with Gasteiger partial charge in [0.2, 0.25) is 0 Å². The number of hydrogen-bond acceptors (Lipinski definition) is 1. The van der Waals surface area contributed by atoms with Crippen LogP contribution >= 0.6 is 9.24 Å². The van der Waals surface area contributed by atoms with E-state index in [1.165, 1.54) is 5.31 Å². The van der Waals surface area contributed by atoms with Gasteiger partial charge in [-0.05, 0) is 29.3 Å². The van der Waals surface area contributed by atoms with Crippen LogP contribution in [0.25, 0.3) is 5.57 Å². The lowest BCUT2D eigenvalue weighted by molar-refractivity contribution is 0.473. The van der Waals surface area contributed by atoms with Crippen LogP contribution in [0.3, 0.4) is 0 Å². The predicted octanol–water partition coefficient (Wildman–Crippen LogP) is 3.57. The van der Waals surface area contributed by atoms with E-state index in [0.29, 0.717) is 11.7 Å². The highest BCUT2D eigenvalue weighted by atomic mass is 31.0. The van der Waals surface area contributed by atoms with Gasteiger partial charge in [-0.1, -0.05) is 37.3 Å². The summed E-state index contributed by atoms with van der Waals surface area (Å²) in [6.45, 7) is 2.20. The topological polar surface area (TPSA) is 20.2 Å². The number of hydrogen-bond donors (Lipinski definition) is 1. The molecule has 0 saturated heterocycles. The lowest BCUT2D eigenvalue weighted by atomic mass is 9.93. The minimum Gasteiger partial charge on any atom is -0.507 e. The van der Waals surface area contributed by atoms with E-state index in [9.17, 15) is 5.11 Å². The number of phenols is 1. The molecule has 78 valence electrons. The van der Waals surface area contributed by atoms with Crippen molar-refractivity contribution in [3.8, 4) is 5.75 Å². The molecule has 1 N–H and O–H groups in total. The monoisotopic (exact) mass is 218 g/mol. The van der Waals surface area contributed by atoms with E-state index >= 15 is 0 Å². The average molecular weight is 218 g/mol. The largest absolute Gasteiger partial charge is 0.507 e. The molecule has 2 heteroatoms. The molecule has 2 unspecified atom stereocenters. The first-order valence-corrected chi connectivity index (χ1v) is 5.72. The Morgan fingerprint density at radius 1 is 1.33 bits per heavy atom. The zero-order valence-corrected chi connectivity index (χ0v) is 9.93. The van der Waals surface area contributed by atoms with Crippen LogP contribution in [0, 0.1) is 5.92 Å². The van der Waals surface area contributed by atoms with E-state index in [2.05, 4.69) is 28.3 Å². The average Bonchev–Trinajstić information content (AvgIpc) is 2.23. The Bertz CT molecular complexity index is 432. The number of rotatable bonds is 1. The summed E-state index contributed by atoms with van der Waals surface area (Å²) in [5, 5.41) is 11.1. The number of aromatic hydroxyl groups is 1.